The van der Waals surface area contributed by atoms with Gasteiger partial charge >= 0.3 is 0 Å². The summed E-state index contributed by atoms with van der Waals surface area (Å²) in [6.07, 6.45) is 0. The van der Waals surface area contributed by atoms with Crippen LogP contribution in [0, 0.1) is 6.92 Å². The first kappa shape index (κ1) is 13.5. The number of halogens is 2. The first-order valence-electron chi connectivity index (χ1n) is 6.43. The number of benzene rings is 2. The molecule has 0 aliphatic heterocycles. The summed E-state index contributed by atoms with van der Waals surface area (Å²) in [6, 6.07) is 14.1. The Balaban J connectivity index is 2.07. The van der Waals surface area contributed by atoms with Gasteiger partial charge in [0.2, 0.25) is 0 Å². The molecular weight excluding hydrogens is 291 g/mol. The van der Waals surface area contributed by atoms with Crippen molar-refractivity contribution in [2.75, 3.05) is 0 Å². The van der Waals surface area contributed by atoms with E-state index in [0.29, 0.717) is 5.88 Å². The van der Waals surface area contributed by atoms with E-state index in [1.165, 1.54) is 11.1 Å². The molecule has 0 saturated heterocycles. The minimum absolute atomic E-state index is 0.404. The van der Waals surface area contributed by atoms with Crippen LogP contribution in [0.5, 0.6) is 0 Å². The fourth-order valence-corrected chi connectivity index (χ4v) is 2.67. The van der Waals surface area contributed by atoms with E-state index in [1.807, 2.05) is 24.3 Å². The summed E-state index contributed by atoms with van der Waals surface area (Å²) in [5.41, 5.74) is 4.49. The monoisotopic (exact) mass is 304 g/mol. The lowest BCUT2D eigenvalue weighted by Gasteiger charge is -2.08. The van der Waals surface area contributed by atoms with E-state index in [-0.39, 0.29) is 0 Å². The van der Waals surface area contributed by atoms with E-state index < -0.39 is 0 Å². The molecule has 0 N–H and O–H groups in total. The summed E-state index contributed by atoms with van der Waals surface area (Å²) >= 11 is 12.0. The number of rotatable bonds is 3. The van der Waals surface area contributed by atoms with Crippen molar-refractivity contribution in [1.82, 2.24) is 9.55 Å². The first-order valence-corrected chi connectivity index (χ1v) is 7.35. The van der Waals surface area contributed by atoms with Crippen LogP contribution in [-0.2, 0) is 12.4 Å². The summed E-state index contributed by atoms with van der Waals surface area (Å²) in [5, 5.41) is 0.748. The van der Waals surface area contributed by atoms with Crippen LogP contribution in [0.4, 0.5) is 0 Å². The second-order valence-corrected chi connectivity index (χ2v) is 5.57. The van der Waals surface area contributed by atoms with Crippen LogP contribution in [0.15, 0.2) is 42.5 Å². The molecule has 0 spiro atoms. The molecule has 20 heavy (non-hydrogen) atoms. The number of imidazole rings is 1. The van der Waals surface area contributed by atoms with Crippen molar-refractivity contribution in [2.24, 2.45) is 0 Å². The average molecular weight is 305 g/mol. The molecule has 3 aromatic rings. The lowest BCUT2D eigenvalue weighted by molar-refractivity contribution is 0.779. The third kappa shape index (κ3) is 2.54. The molecule has 2 aromatic carbocycles. The zero-order valence-electron chi connectivity index (χ0n) is 11.1. The van der Waals surface area contributed by atoms with Gasteiger partial charge < -0.3 is 4.57 Å². The van der Waals surface area contributed by atoms with Gasteiger partial charge in [0.25, 0.3) is 0 Å². The van der Waals surface area contributed by atoms with Crippen molar-refractivity contribution in [3.05, 3.63) is 64.4 Å². The Morgan fingerprint density at radius 3 is 2.55 bits per heavy atom. The van der Waals surface area contributed by atoms with Crippen LogP contribution in [0.25, 0.3) is 11.0 Å². The molecule has 0 unspecified atom stereocenters. The molecule has 102 valence electrons. The number of hydrogen-bond donors (Lipinski definition) is 0. The fourth-order valence-electron chi connectivity index (χ4n) is 2.34. The molecular formula is C16H14Cl2N2. The van der Waals surface area contributed by atoms with Crippen molar-refractivity contribution in [1.29, 1.82) is 0 Å². The first-order chi connectivity index (χ1) is 9.67. The summed E-state index contributed by atoms with van der Waals surface area (Å²) in [4.78, 5) is 4.61. The molecule has 1 aromatic heterocycles. The highest BCUT2D eigenvalue weighted by Crippen LogP contribution is 2.21. The molecule has 0 bridgehead atoms. The Labute approximate surface area is 128 Å². The number of fused-ring (bicyclic) bond motifs is 1. The molecule has 0 amide bonds. The number of hydrogen-bond acceptors (Lipinski definition) is 1. The van der Waals surface area contributed by atoms with Gasteiger partial charge in [-0.3, -0.25) is 0 Å². The second kappa shape index (κ2) is 5.47. The van der Waals surface area contributed by atoms with Crippen molar-refractivity contribution in [3.8, 4) is 0 Å². The number of aryl methyl sites for hydroxylation is 1. The maximum atomic E-state index is 6.03. The highest BCUT2D eigenvalue weighted by Gasteiger charge is 2.10. The van der Waals surface area contributed by atoms with Crippen LogP contribution in [0.3, 0.4) is 0 Å². The minimum Gasteiger partial charge on any atom is -0.322 e. The molecule has 3 rings (SSSR count). The molecule has 0 fully saturated rings. The summed E-state index contributed by atoms with van der Waals surface area (Å²) < 4.78 is 2.16. The van der Waals surface area contributed by atoms with Gasteiger partial charge in [0, 0.05) is 11.6 Å². The summed E-state index contributed by atoms with van der Waals surface area (Å²) in [7, 11) is 0. The Kier molecular flexibility index (Phi) is 3.68. The molecule has 0 saturated carbocycles. The molecule has 1 heterocycles. The second-order valence-electron chi connectivity index (χ2n) is 4.87. The third-order valence-corrected chi connectivity index (χ3v) is 3.85. The van der Waals surface area contributed by atoms with Gasteiger partial charge in [0.1, 0.15) is 5.82 Å². The molecule has 0 radical (unpaired) electrons. The number of aromatic nitrogens is 2. The van der Waals surface area contributed by atoms with Gasteiger partial charge in [-0.05, 0) is 42.3 Å². The van der Waals surface area contributed by atoms with Gasteiger partial charge in [-0.25, -0.2) is 4.98 Å². The summed E-state index contributed by atoms with van der Waals surface area (Å²) in [5.74, 6) is 1.30. The van der Waals surface area contributed by atoms with Crippen LogP contribution < -0.4 is 0 Å². The smallest absolute Gasteiger partial charge is 0.125 e. The van der Waals surface area contributed by atoms with Crippen LogP contribution in [0.2, 0.25) is 5.02 Å². The van der Waals surface area contributed by atoms with E-state index in [0.717, 1.165) is 28.4 Å². The normalized spacial score (nSPS) is 11.2. The number of alkyl halides is 1. The molecule has 0 aliphatic rings. The van der Waals surface area contributed by atoms with Crippen LogP contribution in [-0.4, -0.2) is 9.55 Å². The van der Waals surface area contributed by atoms with Gasteiger partial charge in [-0.2, -0.15) is 0 Å². The van der Waals surface area contributed by atoms with Crippen molar-refractivity contribution >= 4 is 34.2 Å². The maximum absolute atomic E-state index is 6.03. The van der Waals surface area contributed by atoms with Crippen molar-refractivity contribution in [2.45, 2.75) is 19.3 Å². The van der Waals surface area contributed by atoms with E-state index in [2.05, 4.69) is 34.7 Å². The molecule has 2 nitrogen and oxygen atoms in total. The van der Waals surface area contributed by atoms with Gasteiger partial charge in [0.05, 0.1) is 16.9 Å². The largest absolute Gasteiger partial charge is 0.322 e. The average Bonchev–Trinajstić information content (AvgIpc) is 2.78. The van der Waals surface area contributed by atoms with Crippen molar-refractivity contribution < 1.29 is 0 Å². The highest BCUT2D eigenvalue weighted by atomic mass is 35.5. The third-order valence-electron chi connectivity index (χ3n) is 3.36. The Morgan fingerprint density at radius 1 is 1.10 bits per heavy atom. The Hall–Kier alpha value is -1.51. The van der Waals surface area contributed by atoms with E-state index in [9.17, 15) is 0 Å². The molecule has 4 heteroatoms. The lowest BCUT2D eigenvalue weighted by Crippen LogP contribution is -2.03. The Bertz CT molecular complexity index is 745. The van der Waals surface area contributed by atoms with Gasteiger partial charge in [0.15, 0.2) is 0 Å². The highest BCUT2D eigenvalue weighted by molar-refractivity contribution is 6.30. The van der Waals surface area contributed by atoms with Crippen molar-refractivity contribution in [3.63, 3.8) is 0 Å². The van der Waals surface area contributed by atoms with Crippen LogP contribution >= 0.6 is 23.2 Å². The fraction of sp³-hybridized carbons (Fsp3) is 0.188. The topological polar surface area (TPSA) is 17.8 Å². The van der Waals surface area contributed by atoms with Gasteiger partial charge in [-0.15, -0.1) is 11.6 Å². The maximum Gasteiger partial charge on any atom is 0.125 e. The lowest BCUT2D eigenvalue weighted by atomic mass is 10.2. The predicted octanol–water partition coefficient (Wildman–Crippen LogP) is 4.79. The number of nitrogens with zero attached hydrogens (tertiary/aromatic N) is 2. The zero-order valence-corrected chi connectivity index (χ0v) is 12.6. The van der Waals surface area contributed by atoms with E-state index in [1.54, 1.807) is 0 Å². The SMILES string of the molecule is Cc1ccc2c(c1)nc(CCl)n2Cc1ccc(Cl)cc1. The Morgan fingerprint density at radius 2 is 1.85 bits per heavy atom. The quantitative estimate of drug-likeness (QED) is 0.636. The zero-order chi connectivity index (χ0) is 14.1. The van der Waals surface area contributed by atoms with E-state index in [4.69, 9.17) is 23.2 Å². The molecule has 0 atom stereocenters. The van der Waals surface area contributed by atoms with Crippen LogP contribution in [0.1, 0.15) is 17.0 Å². The molecule has 0 aliphatic carbocycles. The van der Waals surface area contributed by atoms with E-state index >= 15 is 0 Å². The standard InChI is InChI=1S/C16H14Cl2N2/c1-11-2-7-15-14(8-11)19-16(9-17)20(15)10-12-3-5-13(18)6-4-12/h2-8H,9-10H2,1H3. The van der Waals surface area contributed by atoms with Gasteiger partial charge in [-0.1, -0.05) is 29.8 Å². The minimum atomic E-state index is 0.404. The predicted molar refractivity (Wildman–Crippen MR) is 84.6 cm³/mol. The summed E-state index contributed by atoms with van der Waals surface area (Å²) in [6.45, 7) is 2.82.